The lowest BCUT2D eigenvalue weighted by Crippen LogP contribution is -2.50. The molecule has 2 atom stereocenters. The van der Waals surface area contributed by atoms with Crippen molar-refractivity contribution >= 4 is 23.2 Å². The SMILES string of the molecule is Cc1cc(C(=O)N[C@@H]2CCOC[C@H]2OCC(=O)O)sc1-c1ccccc1. The number of carboxylic acids is 1. The van der Waals surface area contributed by atoms with E-state index in [1.807, 2.05) is 43.3 Å². The minimum absolute atomic E-state index is 0.170. The third kappa shape index (κ3) is 4.49. The molecule has 1 aliphatic rings. The molecule has 2 heterocycles. The van der Waals surface area contributed by atoms with E-state index in [1.165, 1.54) is 11.3 Å². The van der Waals surface area contributed by atoms with E-state index in [0.29, 0.717) is 17.9 Å². The predicted octanol–water partition coefficient (Wildman–Crippen LogP) is 2.71. The molecule has 138 valence electrons. The Morgan fingerprint density at radius 1 is 1.35 bits per heavy atom. The summed E-state index contributed by atoms with van der Waals surface area (Å²) in [4.78, 5) is 25.1. The number of carboxylic acid groups (broad SMARTS) is 1. The van der Waals surface area contributed by atoms with Crippen molar-refractivity contribution in [1.29, 1.82) is 0 Å². The van der Waals surface area contributed by atoms with Crippen molar-refractivity contribution in [3.8, 4) is 10.4 Å². The van der Waals surface area contributed by atoms with Crippen molar-refractivity contribution in [3.63, 3.8) is 0 Å². The maximum Gasteiger partial charge on any atom is 0.329 e. The number of nitrogens with one attached hydrogen (secondary N) is 1. The molecule has 3 rings (SSSR count). The molecule has 2 aromatic rings. The van der Waals surface area contributed by atoms with Gasteiger partial charge in [0.15, 0.2) is 0 Å². The Labute approximate surface area is 155 Å². The highest BCUT2D eigenvalue weighted by Crippen LogP contribution is 2.32. The van der Waals surface area contributed by atoms with Gasteiger partial charge in [-0.3, -0.25) is 4.79 Å². The van der Waals surface area contributed by atoms with Gasteiger partial charge in [0.25, 0.3) is 5.91 Å². The standard InChI is InChI=1S/C19H21NO5S/c1-12-9-16(26-18(12)13-5-3-2-4-6-13)19(23)20-14-7-8-24-10-15(14)25-11-17(21)22/h2-6,9,14-15H,7-8,10-11H2,1H3,(H,20,23)(H,21,22)/t14-,15-/m1/s1. The summed E-state index contributed by atoms with van der Waals surface area (Å²) in [5, 5.41) is 11.8. The lowest BCUT2D eigenvalue weighted by Gasteiger charge is -2.31. The van der Waals surface area contributed by atoms with Crippen LogP contribution in [0.1, 0.15) is 21.7 Å². The van der Waals surface area contributed by atoms with Gasteiger partial charge in [-0.1, -0.05) is 30.3 Å². The van der Waals surface area contributed by atoms with Gasteiger partial charge >= 0.3 is 5.97 Å². The van der Waals surface area contributed by atoms with E-state index in [4.69, 9.17) is 14.6 Å². The summed E-state index contributed by atoms with van der Waals surface area (Å²) >= 11 is 1.45. The molecule has 1 amide bonds. The summed E-state index contributed by atoms with van der Waals surface area (Å²) in [6.45, 7) is 2.37. The molecule has 0 unspecified atom stereocenters. The van der Waals surface area contributed by atoms with Gasteiger partial charge < -0.3 is 19.9 Å². The average molecular weight is 375 g/mol. The van der Waals surface area contributed by atoms with E-state index in [-0.39, 0.29) is 18.6 Å². The third-order valence-corrected chi connectivity index (χ3v) is 5.50. The number of rotatable bonds is 6. The van der Waals surface area contributed by atoms with Crippen LogP contribution in [0.2, 0.25) is 0 Å². The zero-order chi connectivity index (χ0) is 18.5. The molecule has 0 radical (unpaired) electrons. The van der Waals surface area contributed by atoms with Crippen LogP contribution in [0.25, 0.3) is 10.4 Å². The van der Waals surface area contributed by atoms with Crippen LogP contribution in [0.5, 0.6) is 0 Å². The van der Waals surface area contributed by atoms with Crippen molar-refractivity contribution in [1.82, 2.24) is 5.32 Å². The second kappa shape index (κ2) is 8.44. The number of hydrogen-bond acceptors (Lipinski definition) is 5. The summed E-state index contributed by atoms with van der Waals surface area (Å²) < 4.78 is 10.7. The molecular formula is C19H21NO5S. The molecule has 0 bridgehead atoms. The topological polar surface area (TPSA) is 84.9 Å². The van der Waals surface area contributed by atoms with Gasteiger partial charge in [-0.05, 0) is 30.5 Å². The summed E-state index contributed by atoms with van der Waals surface area (Å²) in [6.07, 6.45) is 0.129. The fourth-order valence-electron chi connectivity index (χ4n) is 2.93. The van der Waals surface area contributed by atoms with E-state index >= 15 is 0 Å². The molecule has 1 aromatic heterocycles. The number of carbonyl (C=O) groups is 2. The van der Waals surface area contributed by atoms with Gasteiger partial charge in [0.2, 0.25) is 0 Å². The van der Waals surface area contributed by atoms with Crippen LogP contribution in [0.15, 0.2) is 36.4 Å². The molecule has 7 heteroatoms. The fourth-order valence-corrected chi connectivity index (χ4v) is 4.01. The molecule has 1 saturated heterocycles. The minimum atomic E-state index is -1.04. The van der Waals surface area contributed by atoms with Gasteiger partial charge in [0, 0.05) is 11.5 Å². The molecule has 1 aliphatic heterocycles. The third-order valence-electron chi connectivity index (χ3n) is 4.22. The number of benzene rings is 1. The van der Waals surface area contributed by atoms with Gasteiger partial charge in [0.1, 0.15) is 12.7 Å². The molecule has 6 nitrogen and oxygen atoms in total. The minimum Gasteiger partial charge on any atom is -0.480 e. The van der Waals surface area contributed by atoms with Gasteiger partial charge in [-0.2, -0.15) is 0 Å². The number of aryl methyl sites for hydroxylation is 1. The first kappa shape index (κ1) is 18.6. The number of aliphatic carboxylic acids is 1. The highest BCUT2D eigenvalue weighted by molar-refractivity contribution is 7.17. The molecule has 1 aromatic carbocycles. The van der Waals surface area contributed by atoms with E-state index in [9.17, 15) is 9.59 Å². The van der Waals surface area contributed by atoms with Crippen molar-refractivity contribution in [3.05, 3.63) is 46.8 Å². The first-order valence-corrected chi connectivity index (χ1v) is 9.24. The van der Waals surface area contributed by atoms with E-state index in [1.54, 1.807) is 0 Å². The Morgan fingerprint density at radius 2 is 2.12 bits per heavy atom. The summed E-state index contributed by atoms with van der Waals surface area (Å²) in [6, 6.07) is 11.6. The lowest BCUT2D eigenvalue weighted by molar-refractivity contribution is -0.148. The number of hydrogen-bond donors (Lipinski definition) is 2. The monoisotopic (exact) mass is 375 g/mol. The van der Waals surface area contributed by atoms with Crippen molar-refractivity contribution in [2.24, 2.45) is 0 Å². The Hall–Kier alpha value is -2.22. The average Bonchev–Trinajstić information content (AvgIpc) is 3.03. The summed E-state index contributed by atoms with van der Waals surface area (Å²) in [5.74, 6) is -1.21. The first-order chi connectivity index (χ1) is 12.5. The van der Waals surface area contributed by atoms with Gasteiger partial charge in [0.05, 0.1) is 17.5 Å². The number of thiophene rings is 1. The van der Waals surface area contributed by atoms with Crippen LogP contribution in [0.4, 0.5) is 0 Å². The number of amides is 1. The van der Waals surface area contributed by atoms with Crippen LogP contribution in [0.3, 0.4) is 0 Å². The van der Waals surface area contributed by atoms with Crippen LogP contribution in [-0.4, -0.2) is 48.9 Å². The molecule has 26 heavy (non-hydrogen) atoms. The zero-order valence-corrected chi connectivity index (χ0v) is 15.3. The molecule has 0 saturated carbocycles. The van der Waals surface area contributed by atoms with E-state index in [0.717, 1.165) is 16.0 Å². The van der Waals surface area contributed by atoms with E-state index in [2.05, 4.69) is 5.32 Å². The molecule has 1 fully saturated rings. The van der Waals surface area contributed by atoms with Crippen molar-refractivity contribution < 1.29 is 24.2 Å². The normalized spacial score (nSPS) is 19.9. The number of carbonyl (C=O) groups excluding carboxylic acids is 1. The Bertz CT molecular complexity index is 773. The Balaban J connectivity index is 1.70. The maximum atomic E-state index is 12.7. The summed E-state index contributed by atoms with van der Waals surface area (Å²) in [5.41, 5.74) is 2.14. The van der Waals surface area contributed by atoms with Gasteiger partial charge in [-0.15, -0.1) is 11.3 Å². The van der Waals surface area contributed by atoms with Crippen molar-refractivity contribution in [2.45, 2.75) is 25.5 Å². The fraction of sp³-hybridized carbons (Fsp3) is 0.368. The van der Waals surface area contributed by atoms with Crippen LogP contribution >= 0.6 is 11.3 Å². The van der Waals surface area contributed by atoms with Gasteiger partial charge in [-0.25, -0.2) is 4.79 Å². The molecule has 0 spiro atoms. The van der Waals surface area contributed by atoms with E-state index < -0.39 is 18.7 Å². The predicted molar refractivity (Wildman–Crippen MR) is 98.6 cm³/mol. The summed E-state index contributed by atoms with van der Waals surface area (Å²) in [7, 11) is 0. The molecule has 2 N–H and O–H groups in total. The maximum absolute atomic E-state index is 12.7. The Kier molecular flexibility index (Phi) is 6.03. The highest BCUT2D eigenvalue weighted by Gasteiger charge is 2.29. The van der Waals surface area contributed by atoms with Crippen molar-refractivity contribution in [2.75, 3.05) is 19.8 Å². The van der Waals surface area contributed by atoms with Crippen LogP contribution in [0, 0.1) is 6.92 Å². The second-order valence-electron chi connectivity index (χ2n) is 6.18. The van der Waals surface area contributed by atoms with Crippen LogP contribution in [-0.2, 0) is 14.3 Å². The van der Waals surface area contributed by atoms with Crippen LogP contribution < -0.4 is 5.32 Å². The second-order valence-corrected chi connectivity index (χ2v) is 7.23. The molecule has 0 aliphatic carbocycles. The Morgan fingerprint density at radius 3 is 2.85 bits per heavy atom. The first-order valence-electron chi connectivity index (χ1n) is 8.42. The smallest absolute Gasteiger partial charge is 0.329 e. The zero-order valence-electron chi connectivity index (χ0n) is 14.4. The number of ether oxygens (including phenoxy) is 2. The highest BCUT2D eigenvalue weighted by atomic mass is 32.1. The lowest BCUT2D eigenvalue weighted by atomic mass is 10.1. The quantitative estimate of drug-likeness (QED) is 0.811. The molecular weight excluding hydrogens is 354 g/mol. The largest absolute Gasteiger partial charge is 0.480 e.